The molecule has 43 heavy (non-hydrogen) atoms. The van der Waals surface area contributed by atoms with Gasteiger partial charge in [0, 0.05) is 49.9 Å². The number of rotatable bonds is 11. The Balaban J connectivity index is 1.07. The van der Waals surface area contributed by atoms with Crippen LogP contribution >= 0.6 is 11.6 Å². The number of amides is 1. The first kappa shape index (κ1) is 31.4. The van der Waals surface area contributed by atoms with E-state index in [-0.39, 0.29) is 11.8 Å². The molecule has 0 saturated carbocycles. The van der Waals surface area contributed by atoms with Gasteiger partial charge in [0.15, 0.2) is 0 Å². The van der Waals surface area contributed by atoms with E-state index >= 15 is 0 Å². The van der Waals surface area contributed by atoms with Gasteiger partial charge in [0.05, 0.1) is 6.04 Å². The molecule has 0 unspecified atom stereocenters. The molecule has 0 aromatic heterocycles. The number of alkyl halides is 2. The molecule has 2 N–H and O–H groups in total. The minimum Gasteiger partial charge on any atom is -0.487 e. The minimum atomic E-state index is -2.51. The zero-order chi connectivity index (χ0) is 30.2. The van der Waals surface area contributed by atoms with Gasteiger partial charge in [-0.05, 0) is 73.2 Å². The van der Waals surface area contributed by atoms with Gasteiger partial charge in [-0.2, -0.15) is 0 Å². The first-order chi connectivity index (χ1) is 20.9. The predicted molar refractivity (Wildman–Crippen MR) is 168 cm³/mol. The Morgan fingerprint density at radius 2 is 1.58 bits per heavy atom. The summed E-state index contributed by atoms with van der Waals surface area (Å²) < 4.78 is 30.6. The molecule has 0 bridgehead atoms. The van der Waals surface area contributed by atoms with Crippen molar-refractivity contribution in [1.29, 1.82) is 0 Å². The maximum Gasteiger partial charge on any atom is 0.272 e. The monoisotopic (exact) mass is 610 g/mol. The lowest BCUT2D eigenvalue weighted by Gasteiger charge is -2.39. The fraction of sp³-hybridized carbons (Fsp3) is 0.441. The van der Waals surface area contributed by atoms with Gasteiger partial charge in [0.1, 0.15) is 12.4 Å². The fourth-order valence-corrected chi connectivity index (χ4v) is 6.39. The molecule has 1 amide bonds. The van der Waals surface area contributed by atoms with Gasteiger partial charge in [0.25, 0.3) is 6.43 Å². The molecule has 230 valence electrons. The van der Waals surface area contributed by atoms with E-state index in [4.69, 9.17) is 22.1 Å². The molecular formula is C34H41ClF2N4O2. The van der Waals surface area contributed by atoms with Gasteiger partial charge >= 0.3 is 0 Å². The molecule has 3 aromatic rings. The Bertz CT molecular complexity index is 1330. The maximum atomic E-state index is 13.3. The Labute approximate surface area is 258 Å². The second-order valence-electron chi connectivity index (χ2n) is 11.5. The number of likely N-dealkylation sites (tertiary alicyclic amines) is 1. The average Bonchev–Trinajstić information content (AvgIpc) is 3.04. The van der Waals surface area contributed by atoms with Crippen LogP contribution < -0.4 is 10.5 Å². The highest BCUT2D eigenvalue weighted by Crippen LogP contribution is 2.28. The topological polar surface area (TPSA) is 62.0 Å². The summed E-state index contributed by atoms with van der Waals surface area (Å²) in [5, 5.41) is 0.752. The van der Waals surface area contributed by atoms with Crippen LogP contribution in [0.25, 0.3) is 11.1 Å². The molecular weight excluding hydrogens is 570 g/mol. The number of piperidine rings is 1. The van der Waals surface area contributed by atoms with Crippen molar-refractivity contribution >= 4 is 17.5 Å². The Hall–Kier alpha value is -3.04. The molecule has 2 aliphatic heterocycles. The summed E-state index contributed by atoms with van der Waals surface area (Å²) in [7, 11) is 0. The third-order valence-electron chi connectivity index (χ3n) is 8.69. The molecule has 2 fully saturated rings. The van der Waals surface area contributed by atoms with E-state index in [1.165, 1.54) is 16.7 Å². The van der Waals surface area contributed by atoms with E-state index in [1.807, 2.05) is 29.2 Å². The van der Waals surface area contributed by atoms with Crippen molar-refractivity contribution in [3.8, 4) is 16.9 Å². The maximum absolute atomic E-state index is 13.3. The van der Waals surface area contributed by atoms with Gasteiger partial charge in [0.2, 0.25) is 5.91 Å². The van der Waals surface area contributed by atoms with Crippen LogP contribution in [-0.2, 0) is 17.8 Å². The average molecular weight is 611 g/mol. The summed E-state index contributed by atoms with van der Waals surface area (Å²) in [4.78, 5) is 19.9. The standard InChI is InChI=1S/C34H41ClF2N4O2/c35-29-10-11-30(25-6-2-1-3-7-25)27(22-29)14-17-39-15-12-26(13-16-39)33(38)34(42)41-20-18-40(19-21-41)23-28-8-4-5-9-31(28)43-24-32(36)37/h1-11,22,26,32-33H,12-21,23-24,38H2/t33-/m1/s1. The first-order valence-corrected chi connectivity index (χ1v) is 15.6. The summed E-state index contributed by atoms with van der Waals surface area (Å²) in [5.41, 5.74) is 11.1. The van der Waals surface area contributed by atoms with Crippen LogP contribution in [-0.4, -0.2) is 85.5 Å². The normalized spacial score (nSPS) is 17.7. The zero-order valence-corrected chi connectivity index (χ0v) is 25.3. The third kappa shape index (κ3) is 8.54. The van der Waals surface area contributed by atoms with Gasteiger partial charge in [-0.15, -0.1) is 0 Å². The number of para-hydroxylation sites is 1. The highest BCUT2D eigenvalue weighted by Gasteiger charge is 2.33. The van der Waals surface area contributed by atoms with Crippen molar-refractivity contribution in [3.05, 3.63) is 88.9 Å². The lowest BCUT2D eigenvalue weighted by molar-refractivity contribution is -0.136. The van der Waals surface area contributed by atoms with Crippen LogP contribution in [0.2, 0.25) is 5.02 Å². The number of hydrogen-bond acceptors (Lipinski definition) is 5. The lowest BCUT2D eigenvalue weighted by Crippen LogP contribution is -2.55. The molecule has 0 radical (unpaired) electrons. The van der Waals surface area contributed by atoms with Crippen LogP contribution in [0.15, 0.2) is 72.8 Å². The number of piperazine rings is 1. The second-order valence-corrected chi connectivity index (χ2v) is 12.0. The molecule has 6 nitrogen and oxygen atoms in total. The van der Waals surface area contributed by atoms with E-state index in [0.717, 1.165) is 49.5 Å². The number of benzene rings is 3. The van der Waals surface area contributed by atoms with Crippen molar-refractivity contribution in [2.24, 2.45) is 11.7 Å². The molecule has 3 aromatic carbocycles. The SMILES string of the molecule is N[C@@H](C(=O)N1CCN(Cc2ccccc2OCC(F)F)CC1)C1CCN(CCc2cc(Cl)ccc2-c2ccccc2)CC1. The van der Waals surface area contributed by atoms with Crippen molar-refractivity contribution in [2.75, 3.05) is 52.4 Å². The molecule has 0 spiro atoms. The minimum absolute atomic E-state index is 0.0326. The third-order valence-corrected chi connectivity index (χ3v) is 8.93. The van der Waals surface area contributed by atoms with Crippen LogP contribution in [0.5, 0.6) is 5.75 Å². The van der Waals surface area contributed by atoms with Crippen LogP contribution in [0.1, 0.15) is 24.0 Å². The van der Waals surface area contributed by atoms with Gasteiger partial charge in [-0.3, -0.25) is 9.69 Å². The van der Waals surface area contributed by atoms with Crippen LogP contribution in [0.3, 0.4) is 0 Å². The Morgan fingerprint density at radius 1 is 0.884 bits per heavy atom. The van der Waals surface area contributed by atoms with E-state index in [2.05, 4.69) is 46.2 Å². The van der Waals surface area contributed by atoms with Gasteiger partial charge < -0.3 is 20.3 Å². The molecule has 2 heterocycles. The molecule has 0 aliphatic carbocycles. The predicted octanol–water partition coefficient (Wildman–Crippen LogP) is 5.58. The highest BCUT2D eigenvalue weighted by atomic mass is 35.5. The number of halogens is 3. The van der Waals surface area contributed by atoms with Crippen molar-refractivity contribution in [3.63, 3.8) is 0 Å². The smallest absolute Gasteiger partial charge is 0.272 e. The molecule has 5 rings (SSSR count). The van der Waals surface area contributed by atoms with Crippen molar-refractivity contribution in [2.45, 2.75) is 38.3 Å². The summed E-state index contributed by atoms with van der Waals surface area (Å²) in [5.74, 6) is 0.691. The molecule has 2 aliphatic rings. The van der Waals surface area contributed by atoms with Gasteiger partial charge in [-0.1, -0.05) is 66.2 Å². The summed E-state index contributed by atoms with van der Waals surface area (Å²) in [6.45, 7) is 5.38. The molecule has 2 saturated heterocycles. The first-order valence-electron chi connectivity index (χ1n) is 15.2. The molecule has 9 heteroatoms. The summed E-state index contributed by atoms with van der Waals surface area (Å²) in [6.07, 6.45) is 0.210. The molecule has 1 atom stereocenters. The second kappa shape index (κ2) is 15.1. The number of nitrogens with zero attached hydrogens (tertiary/aromatic N) is 3. The van der Waals surface area contributed by atoms with E-state index in [0.29, 0.717) is 38.5 Å². The lowest BCUT2D eigenvalue weighted by atomic mass is 9.88. The van der Waals surface area contributed by atoms with E-state index < -0.39 is 19.1 Å². The summed E-state index contributed by atoms with van der Waals surface area (Å²) >= 11 is 6.35. The quantitative estimate of drug-likeness (QED) is 0.307. The largest absolute Gasteiger partial charge is 0.487 e. The van der Waals surface area contributed by atoms with Crippen molar-refractivity contribution in [1.82, 2.24) is 14.7 Å². The summed E-state index contributed by atoms with van der Waals surface area (Å²) in [6, 6.07) is 23.3. The van der Waals surface area contributed by atoms with Crippen LogP contribution in [0.4, 0.5) is 8.78 Å². The Morgan fingerprint density at radius 3 is 2.30 bits per heavy atom. The number of hydrogen-bond donors (Lipinski definition) is 1. The number of nitrogens with two attached hydrogens (primary N) is 1. The highest BCUT2D eigenvalue weighted by molar-refractivity contribution is 6.30. The van der Waals surface area contributed by atoms with E-state index in [9.17, 15) is 13.6 Å². The van der Waals surface area contributed by atoms with Crippen LogP contribution in [0, 0.1) is 5.92 Å². The number of carbonyl (C=O) groups is 1. The fourth-order valence-electron chi connectivity index (χ4n) is 6.19. The number of carbonyl (C=O) groups excluding carboxylic acids is 1. The zero-order valence-electron chi connectivity index (χ0n) is 24.5. The van der Waals surface area contributed by atoms with Gasteiger partial charge in [-0.25, -0.2) is 8.78 Å². The van der Waals surface area contributed by atoms with E-state index in [1.54, 1.807) is 12.1 Å². The van der Waals surface area contributed by atoms with Crippen molar-refractivity contribution < 1.29 is 18.3 Å². The number of ether oxygens (including phenoxy) is 1. The Kier molecular flexibility index (Phi) is 11.0.